The number of piperazine rings is 1. The lowest BCUT2D eigenvalue weighted by Crippen LogP contribution is -2.45. The van der Waals surface area contributed by atoms with Crippen LogP contribution in [0.2, 0.25) is 0 Å². The van der Waals surface area contributed by atoms with Crippen LogP contribution in [0.3, 0.4) is 0 Å². The third-order valence-electron chi connectivity index (χ3n) is 4.19. The Morgan fingerprint density at radius 3 is 2.52 bits per heavy atom. The summed E-state index contributed by atoms with van der Waals surface area (Å²) in [4.78, 5) is 16.5. The first kappa shape index (κ1) is 19.6. The number of hydrogen-bond donors (Lipinski definition) is 2. The fraction of sp³-hybridized carbons (Fsp3) is 0.556. The van der Waals surface area contributed by atoms with E-state index in [1.807, 2.05) is 12.1 Å². The van der Waals surface area contributed by atoms with Gasteiger partial charge in [-0.1, -0.05) is 0 Å². The molecule has 1 aromatic rings. The van der Waals surface area contributed by atoms with Crippen LogP contribution in [0.15, 0.2) is 24.3 Å². The van der Waals surface area contributed by atoms with Crippen molar-refractivity contribution in [3.63, 3.8) is 0 Å². The Hall–Kier alpha value is -1.70. The van der Waals surface area contributed by atoms with Gasteiger partial charge in [-0.2, -0.15) is 0 Å². The van der Waals surface area contributed by atoms with E-state index in [1.165, 1.54) is 0 Å². The highest BCUT2D eigenvalue weighted by molar-refractivity contribution is 7.80. The number of hydrogen-bond acceptors (Lipinski definition) is 5. The van der Waals surface area contributed by atoms with E-state index in [-0.39, 0.29) is 5.97 Å². The number of carbonyl (C=O) groups is 1. The molecule has 25 heavy (non-hydrogen) atoms. The molecule has 2 N–H and O–H groups in total. The summed E-state index contributed by atoms with van der Waals surface area (Å²) in [5.74, 6) is -0.307. The minimum atomic E-state index is -0.307. The Kier molecular flexibility index (Phi) is 8.11. The molecule has 0 saturated carbocycles. The zero-order chi connectivity index (χ0) is 18.1. The molecule has 1 aliphatic heterocycles. The van der Waals surface area contributed by atoms with Gasteiger partial charge in [0.15, 0.2) is 5.11 Å². The van der Waals surface area contributed by atoms with E-state index in [1.54, 1.807) is 19.1 Å². The van der Waals surface area contributed by atoms with Gasteiger partial charge in [0.05, 0.1) is 12.2 Å². The van der Waals surface area contributed by atoms with Crippen LogP contribution >= 0.6 is 12.2 Å². The second kappa shape index (κ2) is 10.3. The van der Waals surface area contributed by atoms with E-state index >= 15 is 0 Å². The monoisotopic (exact) mass is 364 g/mol. The molecule has 0 unspecified atom stereocenters. The molecule has 0 bridgehead atoms. The molecule has 7 heteroatoms. The van der Waals surface area contributed by atoms with Gasteiger partial charge >= 0.3 is 5.97 Å². The summed E-state index contributed by atoms with van der Waals surface area (Å²) in [6.07, 6.45) is 1.06. The topological polar surface area (TPSA) is 56.8 Å². The molecule has 1 saturated heterocycles. The lowest BCUT2D eigenvalue weighted by molar-refractivity contribution is 0.0526. The van der Waals surface area contributed by atoms with E-state index in [0.29, 0.717) is 17.3 Å². The molecule has 0 aliphatic carbocycles. The van der Waals surface area contributed by atoms with Crippen molar-refractivity contribution in [2.24, 2.45) is 0 Å². The normalized spacial score (nSPS) is 15.6. The predicted molar refractivity (Wildman–Crippen MR) is 105 cm³/mol. The highest BCUT2D eigenvalue weighted by atomic mass is 32.1. The van der Waals surface area contributed by atoms with Crippen LogP contribution in [0.5, 0.6) is 0 Å². The summed E-state index contributed by atoms with van der Waals surface area (Å²) in [6.45, 7) is 8.70. The van der Waals surface area contributed by atoms with Crippen LogP contribution < -0.4 is 10.6 Å². The molecule has 1 aromatic carbocycles. The lowest BCUT2D eigenvalue weighted by atomic mass is 10.2. The number of nitrogens with one attached hydrogen (secondary N) is 2. The van der Waals surface area contributed by atoms with Gasteiger partial charge in [0.1, 0.15) is 0 Å². The summed E-state index contributed by atoms with van der Waals surface area (Å²) in [7, 11) is 2.17. The molecular formula is C18H28N4O2S. The van der Waals surface area contributed by atoms with Crippen molar-refractivity contribution < 1.29 is 9.53 Å². The van der Waals surface area contributed by atoms with Gasteiger partial charge in [-0.3, -0.25) is 0 Å². The van der Waals surface area contributed by atoms with Crippen LogP contribution in [0.25, 0.3) is 0 Å². The first-order valence-electron chi connectivity index (χ1n) is 8.81. The zero-order valence-corrected chi connectivity index (χ0v) is 15.9. The van der Waals surface area contributed by atoms with Crippen molar-refractivity contribution in [1.29, 1.82) is 0 Å². The van der Waals surface area contributed by atoms with E-state index in [0.717, 1.165) is 51.4 Å². The van der Waals surface area contributed by atoms with Crippen LogP contribution in [0, 0.1) is 0 Å². The van der Waals surface area contributed by atoms with Crippen molar-refractivity contribution in [3.05, 3.63) is 29.8 Å². The maximum Gasteiger partial charge on any atom is 0.338 e. The highest BCUT2D eigenvalue weighted by Crippen LogP contribution is 2.10. The number of benzene rings is 1. The molecule has 1 fully saturated rings. The fourth-order valence-corrected chi connectivity index (χ4v) is 2.88. The molecule has 138 valence electrons. The largest absolute Gasteiger partial charge is 0.462 e. The SMILES string of the molecule is CCOC(=O)c1ccc(NC(=S)NCCCN2CCN(C)CC2)cc1. The number of esters is 1. The molecular weight excluding hydrogens is 336 g/mol. The van der Waals surface area contributed by atoms with Gasteiger partial charge in [-0.15, -0.1) is 0 Å². The predicted octanol–water partition coefficient (Wildman–Crippen LogP) is 1.79. The van der Waals surface area contributed by atoms with E-state index in [2.05, 4.69) is 27.5 Å². The number of likely N-dealkylation sites (N-methyl/N-ethyl adjacent to an activating group) is 1. The molecule has 2 rings (SSSR count). The third-order valence-corrected chi connectivity index (χ3v) is 4.43. The Balaban J connectivity index is 1.64. The van der Waals surface area contributed by atoms with Gasteiger partial charge in [0.2, 0.25) is 0 Å². The number of anilines is 1. The molecule has 0 radical (unpaired) electrons. The summed E-state index contributed by atoms with van der Waals surface area (Å²) in [5.41, 5.74) is 1.39. The van der Waals surface area contributed by atoms with Gasteiger partial charge < -0.3 is 25.2 Å². The van der Waals surface area contributed by atoms with E-state index in [9.17, 15) is 4.79 Å². The van der Waals surface area contributed by atoms with Crippen molar-refractivity contribution in [3.8, 4) is 0 Å². The maximum absolute atomic E-state index is 11.6. The Morgan fingerprint density at radius 1 is 1.20 bits per heavy atom. The number of carbonyl (C=O) groups excluding carboxylic acids is 1. The number of ether oxygens (including phenoxy) is 1. The minimum Gasteiger partial charge on any atom is -0.462 e. The van der Waals surface area contributed by atoms with Crippen molar-refractivity contribution >= 4 is 29.0 Å². The minimum absolute atomic E-state index is 0.307. The third kappa shape index (κ3) is 6.97. The number of rotatable bonds is 7. The summed E-state index contributed by atoms with van der Waals surface area (Å²) >= 11 is 5.31. The average molecular weight is 365 g/mol. The molecule has 0 amide bonds. The molecule has 0 atom stereocenters. The Bertz CT molecular complexity index is 557. The van der Waals surface area contributed by atoms with E-state index < -0.39 is 0 Å². The van der Waals surface area contributed by atoms with Gasteiger partial charge in [0, 0.05) is 38.4 Å². The fourth-order valence-electron chi connectivity index (χ4n) is 2.66. The van der Waals surface area contributed by atoms with E-state index in [4.69, 9.17) is 17.0 Å². The second-order valence-electron chi connectivity index (χ2n) is 6.18. The van der Waals surface area contributed by atoms with Crippen LogP contribution in [0.1, 0.15) is 23.7 Å². The molecule has 6 nitrogen and oxygen atoms in total. The quantitative estimate of drug-likeness (QED) is 0.435. The van der Waals surface area contributed by atoms with Crippen LogP contribution in [-0.2, 0) is 4.74 Å². The van der Waals surface area contributed by atoms with Crippen LogP contribution in [-0.4, -0.2) is 73.8 Å². The van der Waals surface area contributed by atoms with Gasteiger partial charge in [-0.25, -0.2) is 4.79 Å². The van der Waals surface area contributed by atoms with Crippen LogP contribution in [0.4, 0.5) is 5.69 Å². The Labute approximate surface area is 155 Å². The Morgan fingerprint density at radius 2 is 1.88 bits per heavy atom. The lowest BCUT2D eigenvalue weighted by Gasteiger charge is -2.32. The molecule has 1 heterocycles. The standard InChI is InChI=1S/C18H28N4O2S/c1-3-24-17(23)15-5-7-16(8-6-15)20-18(25)19-9-4-10-22-13-11-21(2)12-14-22/h5-8H,3-4,9-14H2,1-2H3,(H2,19,20,25). The van der Waals surface area contributed by atoms with Gasteiger partial charge in [-0.05, 0) is 63.4 Å². The first-order chi connectivity index (χ1) is 12.1. The average Bonchev–Trinajstić information content (AvgIpc) is 2.61. The highest BCUT2D eigenvalue weighted by Gasteiger charge is 2.12. The smallest absolute Gasteiger partial charge is 0.338 e. The molecule has 0 aromatic heterocycles. The summed E-state index contributed by atoms with van der Waals surface area (Å²) < 4.78 is 4.97. The van der Waals surface area contributed by atoms with Crippen molar-refractivity contribution in [2.75, 3.05) is 58.2 Å². The second-order valence-corrected chi connectivity index (χ2v) is 6.59. The molecule has 0 spiro atoms. The maximum atomic E-state index is 11.6. The van der Waals surface area contributed by atoms with Crippen molar-refractivity contribution in [2.45, 2.75) is 13.3 Å². The number of thiocarbonyl (C=S) groups is 1. The van der Waals surface area contributed by atoms with Crippen molar-refractivity contribution in [1.82, 2.24) is 15.1 Å². The first-order valence-corrected chi connectivity index (χ1v) is 9.22. The van der Waals surface area contributed by atoms with Gasteiger partial charge in [0.25, 0.3) is 0 Å². The summed E-state index contributed by atoms with van der Waals surface area (Å²) in [6, 6.07) is 7.11. The molecule has 1 aliphatic rings. The summed E-state index contributed by atoms with van der Waals surface area (Å²) in [5, 5.41) is 6.96. The number of nitrogens with zero attached hydrogens (tertiary/aromatic N) is 2. The zero-order valence-electron chi connectivity index (χ0n) is 15.1.